The first-order chi connectivity index (χ1) is 6.91. The summed E-state index contributed by atoms with van der Waals surface area (Å²) in [5.41, 5.74) is 0.514. The fourth-order valence-corrected chi connectivity index (χ4v) is 1.50. The SMILES string of the molecule is Cc1cc(Cl)nc(Cl)c1NC(=O)C(F)F. The molecule has 0 aliphatic carbocycles. The van der Waals surface area contributed by atoms with Crippen molar-refractivity contribution in [3.63, 3.8) is 0 Å². The summed E-state index contributed by atoms with van der Waals surface area (Å²) in [5.74, 6) is -1.43. The number of nitrogens with zero attached hydrogens (tertiary/aromatic N) is 1. The van der Waals surface area contributed by atoms with Crippen molar-refractivity contribution >= 4 is 34.8 Å². The minimum atomic E-state index is -3.10. The number of halogens is 4. The van der Waals surface area contributed by atoms with E-state index in [1.54, 1.807) is 6.92 Å². The van der Waals surface area contributed by atoms with Gasteiger partial charge in [0, 0.05) is 0 Å². The van der Waals surface area contributed by atoms with Gasteiger partial charge in [-0.1, -0.05) is 23.2 Å². The summed E-state index contributed by atoms with van der Waals surface area (Å²) in [6, 6.07) is 1.41. The Kier molecular flexibility index (Phi) is 3.82. The lowest BCUT2D eigenvalue weighted by Crippen LogP contribution is -2.21. The van der Waals surface area contributed by atoms with E-state index in [1.807, 2.05) is 5.32 Å². The summed E-state index contributed by atoms with van der Waals surface area (Å²) in [6.45, 7) is 1.57. The number of aryl methyl sites for hydroxylation is 1. The molecule has 0 saturated heterocycles. The molecule has 0 radical (unpaired) electrons. The highest BCUT2D eigenvalue weighted by Crippen LogP contribution is 2.26. The van der Waals surface area contributed by atoms with Crippen molar-refractivity contribution in [2.75, 3.05) is 5.32 Å². The first-order valence-corrected chi connectivity index (χ1v) is 4.59. The van der Waals surface area contributed by atoms with Crippen molar-refractivity contribution in [2.24, 2.45) is 0 Å². The third-order valence-electron chi connectivity index (χ3n) is 1.59. The number of nitrogens with one attached hydrogen (secondary N) is 1. The van der Waals surface area contributed by atoms with Gasteiger partial charge in [-0.3, -0.25) is 4.79 Å². The van der Waals surface area contributed by atoms with Crippen LogP contribution in [0.5, 0.6) is 0 Å². The molecule has 0 atom stereocenters. The van der Waals surface area contributed by atoms with E-state index in [0.717, 1.165) is 0 Å². The lowest BCUT2D eigenvalue weighted by atomic mass is 10.2. The van der Waals surface area contributed by atoms with Crippen molar-refractivity contribution in [1.82, 2.24) is 4.98 Å². The zero-order chi connectivity index (χ0) is 11.6. The number of hydrogen-bond acceptors (Lipinski definition) is 2. The van der Waals surface area contributed by atoms with Gasteiger partial charge in [0.1, 0.15) is 5.15 Å². The number of anilines is 1. The number of pyridine rings is 1. The van der Waals surface area contributed by atoms with Crippen LogP contribution in [0.15, 0.2) is 6.07 Å². The zero-order valence-electron chi connectivity index (χ0n) is 7.52. The van der Waals surface area contributed by atoms with E-state index in [9.17, 15) is 13.6 Å². The van der Waals surface area contributed by atoms with Gasteiger partial charge in [0.15, 0.2) is 5.15 Å². The maximum absolute atomic E-state index is 12.0. The first kappa shape index (κ1) is 12.1. The topological polar surface area (TPSA) is 42.0 Å². The van der Waals surface area contributed by atoms with E-state index in [1.165, 1.54) is 6.07 Å². The second kappa shape index (κ2) is 4.72. The summed E-state index contributed by atoms with van der Waals surface area (Å²) in [6.07, 6.45) is -3.10. The van der Waals surface area contributed by atoms with E-state index >= 15 is 0 Å². The summed E-state index contributed by atoms with van der Waals surface area (Å²) in [5, 5.41) is 1.98. The molecule has 0 unspecified atom stereocenters. The monoisotopic (exact) mass is 254 g/mol. The van der Waals surface area contributed by atoms with Gasteiger partial charge in [-0.15, -0.1) is 0 Å². The smallest absolute Gasteiger partial charge is 0.315 e. The van der Waals surface area contributed by atoms with E-state index in [4.69, 9.17) is 23.2 Å². The molecule has 0 spiro atoms. The lowest BCUT2D eigenvalue weighted by Gasteiger charge is -2.09. The summed E-state index contributed by atoms with van der Waals surface area (Å²) in [7, 11) is 0. The van der Waals surface area contributed by atoms with Crippen LogP contribution in [0.4, 0.5) is 14.5 Å². The van der Waals surface area contributed by atoms with Gasteiger partial charge in [-0.2, -0.15) is 8.78 Å². The van der Waals surface area contributed by atoms with E-state index in [2.05, 4.69) is 4.98 Å². The Bertz CT molecular complexity index is 375. The van der Waals surface area contributed by atoms with Crippen molar-refractivity contribution in [3.05, 3.63) is 21.9 Å². The van der Waals surface area contributed by atoms with Gasteiger partial charge in [0.25, 0.3) is 5.91 Å². The predicted molar refractivity (Wildman–Crippen MR) is 53.6 cm³/mol. The molecule has 7 heteroatoms. The minimum Gasteiger partial charge on any atom is -0.318 e. The van der Waals surface area contributed by atoms with Crippen molar-refractivity contribution < 1.29 is 13.6 Å². The van der Waals surface area contributed by atoms with Gasteiger partial charge in [-0.05, 0) is 18.6 Å². The molecule has 0 bridgehead atoms. The molecule has 1 amide bonds. The molecule has 0 aliphatic rings. The van der Waals surface area contributed by atoms with Crippen molar-refractivity contribution in [3.8, 4) is 0 Å². The molecule has 82 valence electrons. The molecule has 15 heavy (non-hydrogen) atoms. The number of rotatable bonds is 2. The Balaban J connectivity index is 3.00. The fourth-order valence-electron chi connectivity index (χ4n) is 0.923. The van der Waals surface area contributed by atoms with Gasteiger partial charge < -0.3 is 5.32 Å². The van der Waals surface area contributed by atoms with Crippen LogP contribution in [0.3, 0.4) is 0 Å². The number of alkyl halides is 2. The van der Waals surface area contributed by atoms with Gasteiger partial charge in [0.2, 0.25) is 0 Å². The third-order valence-corrected chi connectivity index (χ3v) is 2.05. The molecule has 1 heterocycles. The average molecular weight is 255 g/mol. The Morgan fingerprint density at radius 3 is 2.60 bits per heavy atom. The quantitative estimate of drug-likeness (QED) is 0.825. The molecule has 3 nitrogen and oxygen atoms in total. The maximum atomic E-state index is 12.0. The van der Waals surface area contributed by atoms with Crippen LogP contribution in [0.25, 0.3) is 0 Å². The third kappa shape index (κ3) is 3.00. The second-order valence-electron chi connectivity index (χ2n) is 2.72. The largest absolute Gasteiger partial charge is 0.318 e. The highest BCUT2D eigenvalue weighted by Gasteiger charge is 2.18. The summed E-state index contributed by atoms with van der Waals surface area (Å²) < 4.78 is 23.9. The van der Waals surface area contributed by atoms with E-state index < -0.39 is 12.3 Å². The molecule has 1 rings (SSSR count). The van der Waals surface area contributed by atoms with E-state index in [0.29, 0.717) is 5.56 Å². The summed E-state index contributed by atoms with van der Waals surface area (Å²) in [4.78, 5) is 14.3. The van der Waals surface area contributed by atoms with Gasteiger partial charge in [0.05, 0.1) is 5.69 Å². The zero-order valence-corrected chi connectivity index (χ0v) is 9.03. The van der Waals surface area contributed by atoms with Gasteiger partial charge >= 0.3 is 6.43 Å². The van der Waals surface area contributed by atoms with Crippen LogP contribution in [0.2, 0.25) is 10.3 Å². The Morgan fingerprint density at radius 1 is 1.53 bits per heavy atom. The molecular formula is C8H6Cl2F2N2O. The number of carbonyl (C=O) groups is 1. The van der Waals surface area contributed by atoms with Crippen LogP contribution >= 0.6 is 23.2 Å². The lowest BCUT2D eigenvalue weighted by molar-refractivity contribution is -0.126. The van der Waals surface area contributed by atoms with Crippen LogP contribution in [0.1, 0.15) is 5.56 Å². The molecule has 0 aliphatic heterocycles. The van der Waals surface area contributed by atoms with Crippen LogP contribution in [0, 0.1) is 6.92 Å². The number of aromatic nitrogens is 1. The highest BCUT2D eigenvalue weighted by molar-refractivity contribution is 6.34. The normalized spacial score (nSPS) is 10.5. The maximum Gasteiger partial charge on any atom is 0.315 e. The van der Waals surface area contributed by atoms with Crippen LogP contribution < -0.4 is 5.32 Å². The standard InChI is InChI=1S/C8H6Cl2F2N2O/c1-3-2-4(9)13-6(10)5(3)14-8(15)7(11)12/h2,7H,1H3,(H,14,15). The molecule has 0 aromatic carbocycles. The van der Waals surface area contributed by atoms with Crippen molar-refractivity contribution in [2.45, 2.75) is 13.3 Å². The van der Waals surface area contributed by atoms with Crippen LogP contribution in [-0.4, -0.2) is 17.3 Å². The average Bonchev–Trinajstić information content (AvgIpc) is 2.10. The Labute approximate surface area is 94.4 Å². The number of carbonyl (C=O) groups excluding carboxylic acids is 1. The molecule has 0 saturated carbocycles. The molecule has 1 aromatic rings. The Morgan fingerprint density at radius 2 is 2.13 bits per heavy atom. The molecule has 1 aromatic heterocycles. The van der Waals surface area contributed by atoms with Crippen LogP contribution in [-0.2, 0) is 4.79 Å². The molecular weight excluding hydrogens is 249 g/mol. The number of hydrogen-bond donors (Lipinski definition) is 1. The predicted octanol–water partition coefficient (Wildman–Crippen LogP) is 2.90. The summed E-state index contributed by atoms with van der Waals surface area (Å²) >= 11 is 11.2. The first-order valence-electron chi connectivity index (χ1n) is 3.83. The Hall–Kier alpha value is -0.940. The molecule has 1 N–H and O–H groups in total. The fraction of sp³-hybridized carbons (Fsp3) is 0.250. The van der Waals surface area contributed by atoms with Crippen molar-refractivity contribution in [1.29, 1.82) is 0 Å². The number of amides is 1. The molecule has 0 fully saturated rings. The van der Waals surface area contributed by atoms with Gasteiger partial charge in [-0.25, -0.2) is 4.98 Å². The highest BCUT2D eigenvalue weighted by atomic mass is 35.5. The minimum absolute atomic E-state index is 0.0476. The van der Waals surface area contributed by atoms with E-state index in [-0.39, 0.29) is 16.0 Å². The second-order valence-corrected chi connectivity index (χ2v) is 3.46.